The van der Waals surface area contributed by atoms with Gasteiger partial charge in [0, 0.05) is 24.2 Å². The topological polar surface area (TPSA) is 92.3 Å². The van der Waals surface area contributed by atoms with E-state index >= 15 is 0 Å². The summed E-state index contributed by atoms with van der Waals surface area (Å²) in [4.78, 5) is 25.6. The molecule has 5 atom stereocenters. The molecule has 1 aromatic rings. The van der Waals surface area contributed by atoms with Crippen LogP contribution in [0.25, 0.3) is 0 Å². The lowest BCUT2D eigenvalue weighted by atomic mass is 9.52. The van der Waals surface area contributed by atoms with Gasteiger partial charge in [0.15, 0.2) is 0 Å². The fourth-order valence-electron chi connectivity index (χ4n) is 6.02. The fraction of sp³-hybridized carbons (Fsp3) is 0.667. The normalized spacial score (nSPS) is 30.0. The van der Waals surface area contributed by atoms with Gasteiger partial charge in [-0.2, -0.15) is 0 Å². The molecule has 170 valence electrons. The number of fused-ring (bicyclic) bond motifs is 1. The number of ether oxygens (including phenoxy) is 3. The van der Waals surface area contributed by atoms with E-state index in [1.165, 1.54) is 49.8 Å². The van der Waals surface area contributed by atoms with Crippen LogP contribution in [0, 0.1) is 11.8 Å². The molecule has 0 radical (unpaired) electrons. The number of hydrogen-bond acceptors (Lipinski definition) is 6. The average molecular weight is 432 g/mol. The molecule has 3 aliphatic rings. The van der Waals surface area contributed by atoms with E-state index in [0.29, 0.717) is 17.7 Å². The van der Waals surface area contributed by atoms with Gasteiger partial charge in [-0.1, -0.05) is 32.8 Å². The van der Waals surface area contributed by atoms with E-state index in [9.17, 15) is 9.59 Å². The number of quaternary nitrogens is 1. The Kier molecular flexibility index (Phi) is 6.26. The minimum absolute atomic E-state index is 0.0568. The summed E-state index contributed by atoms with van der Waals surface area (Å²) in [6, 6.07) is 5.93. The molecule has 2 aliphatic carbocycles. The van der Waals surface area contributed by atoms with Crippen LogP contribution in [-0.4, -0.2) is 44.6 Å². The summed E-state index contributed by atoms with van der Waals surface area (Å²) in [7, 11) is 2.34. The second kappa shape index (κ2) is 8.79. The lowest BCUT2D eigenvalue weighted by molar-refractivity contribution is -0.919. The van der Waals surface area contributed by atoms with Crippen LogP contribution in [0.2, 0.25) is 0 Å². The van der Waals surface area contributed by atoms with Crippen molar-refractivity contribution in [3.05, 3.63) is 29.3 Å². The van der Waals surface area contributed by atoms with Gasteiger partial charge < -0.3 is 24.8 Å². The van der Waals surface area contributed by atoms with Gasteiger partial charge in [-0.05, 0) is 42.0 Å². The third-order valence-corrected chi connectivity index (χ3v) is 7.81. The van der Waals surface area contributed by atoms with Crippen molar-refractivity contribution in [3.63, 3.8) is 0 Å². The van der Waals surface area contributed by atoms with Crippen LogP contribution >= 0.6 is 0 Å². The number of benzene rings is 1. The van der Waals surface area contributed by atoms with Crippen LogP contribution in [0.1, 0.15) is 57.1 Å². The fourth-order valence-corrected chi connectivity index (χ4v) is 6.02. The maximum absolute atomic E-state index is 12.1. The zero-order chi connectivity index (χ0) is 22.2. The zero-order valence-corrected chi connectivity index (χ0v) is 18.8. The molecule has 2 fully saturated rings. The molecule has 1 aliphatic heterocycles. The van der Waals surface area contributed by atoms with Crippen molar-refractivity contribution < 1.29 is 28.7 Å². The first-order chi connectivity index (χ1) is 14.8. The monoisotopic (exact) mass is 431 g/mol. The molecular weight excluding hydrogens is 396 g/mol. The summed E-state index contributed by atoms with van der Waals surface area (Å²) in [6.45, 7) is 4.33. The molecule has 2 bridgehead atoms. The zero-order valence-electron chi connectivity index (χ0n) is 18.8. The molecule has 1 heterocycles. The van der Waals surface area contributed by atoms with Crippen LogP contribution in [0.4, 0.5) is 4.79 Å². The van der Waals surface area contributed by atoms with E-state index in [2.05, 4.69) is 13.1 Å². The van der Waals surface area contributed by atoms with E-state index in [4.69, 9.17) is 19.9 Å². The SMILES string of the molecule is CC(C)C(N)C(=O)OCOC(=O)Oc1ccc2c(c1)[C@]13CCCC[C@@H]1C(C2)[NH+](C)CC3. The van der Waals surface area contributed by atoms with Gasteiger partial charge in [0.1, 0.15) is 11.8 Å². The molecule has 1 saturated heterocycles. The summed E-state index contributed by atoms with van der Waals surface area (Å²) >= 11 is 0. The first kappa shape index (κ1) is 22.1. The number of rotatable bonds is 5. The van der Waals surface area contributed by atoms with Gasteiger partial charge in [-0.15, -0.1) is 0 Å². The number of carbonyl (C=O) groups is 2. The van der Waals surface area contributed by atoms with Crippen molar-refractivity contribution in [2.45, 2.75) is 69.9 Å². The van der Waals surface area contributed by atoms with Crippen molar-refractivity contribution in [1.82, 2.24) is 0 Å². The molecule has 3 N–H and O–H groups in total. The predicted octanol–water partition coefficient (Wildman–Crippen LogP) is 1.96. The summed E-state index contributed by atoms with van der Waals surface area (Å²) in [5, 5.41) is 0. The maximum atomic E-state index is 12.1. The molecule has 7 nitrogen and oxygen atoms in total. The summed E-state index contributed by atoms with van der Waals surface area (Å²) in [5.74, 6) is 0.531. The van der Waals surface area contributed by atoms with Gasteiger partial charge in [-0.25, -0.2) is 4.79 Å². The molecule has 3 unspecified atom stereocenters. The predicted molar refractivity (Wildman–Crippen MR) is 115 cm³/mol. The van der Waals surface area contributed by atoms with Crippen LogP contribution in [0.3, 0.4) is 0 Å². The number of esters is 1. The third kappa shape index (κ3) is 4.17. The van der Waals surface area contributed by atoms with Crippen molar-refractivity contribution in [1.29, 1.82) is 0 Å². The van der Waals surface area contributed by atoms with Crippen molar-refractivity contribution in [2.75, 3.05) is 20.4 Å². The minimum atomic E-state index is -0.884. The molecular formula is C24H35N2O5+. The Morgan fingerprint density at radius 3 is 2.81 bits per heavy atom. The Hall–Kier alpha value is -2.12. The number of piperidine rings is 1. The molecule has 0 spiro atoms. The Bertz CT molecular complexity index is 841. The second-order valence-corrected chi connectivity index (χ2v) is 9.83. The average Bonchev–Trinajstić information content (AvgIpc) is 2.75. The molecule has 31 heavy (non-hydrogen) atoms. The van der Waals surface area contributed by atoms with Crippen LogP contribution in [-0.2, 0) is 26.1 Å². The summed E-state index contributed by atoms with van der Waals surface area (Å²) < 4.78 is 15.3. The highest BCUT2D eigenvalue weighted by Crippen LogP contribution is 2.53. The number of hydrogen-bond donors (Lipinski definition) is 2. The number of likely N-dealkylation sites (tertiary alicyclic amines) is 1. The van der Waals surface area contributed by atoms with E-state index in [-0.39, 0.29) is 11.3 Å². The van der Waals surface area contributed by atoms with Crippen molar-refractivity contribution >= 4 is 12.1 Å². The smallest absolute Gasteiger partial charge is 0.427 e. The molecule has 7 heteroatoms. The van der Waals surface area contributed by atoms with E-state index in [1.54, 1.807) is 4.90 Å². The minimum Gasteiger partial charge on any atom is -0.427 e. The lowest BCUT2D eigenvalue weighted by Gasteiger charge is -2.56. The maximum Gasteiger partial charge on any atom is 0.516 e. The van der Waals surface area contributed by atoms with Crippen molar-refractivity contribution in [3.8, 4) is 5.75 Å². The number of carbonyl (C=O) groups excluding carboxylic acids is 2. The Labute approximate surface area is 184 Å². The molecule has 0 amide bonds. The lowest BCUT2D eigenvalue weighted by Crippen LogP contribution is -3.16. The summed E-state index contributed by atoms with van der Waals surface area (Å²) in [6.07, 6.45) is 6.47. The van der Waals surface area contributed by atoms with E-state index < -0.39 is 25.0 Å². The van der Waals surface area contributed by atoms with Gasteiger partial charge in [0.25, 0.3) is 0 Å². The first-order valence-corrected chi connectivity index (χ1v) is 11.5. The highest BCUT2D eigenvalue weighted by atomic mass is 16.8. The van der Waals surface area contributed by atoms with E-state index in [1.807, 2.05) is 26.0 Å². The van der Waals surface area contributed by atoms with Crippen LogP contribution in [0.15, 0.2) is 18.2 Å². The largest absolute Gasteiger partial charge is 0.516 e. The van der Waals surface area contributed by atoms with Gasteiger partial charge in [-0.3, -0.25) is 4.79 Å². The highest BCUT2D eigenvalue weighted by molar-refractivity contribution is 5.75. The summed E-state index contributed by atoms with van der Waals surface area (Å²) in [5.41, 5.74) is 8.68. The first-order valence-electron chi connectivity index (χ1n) is 11.5. The number of nitrogens with two attached hydrogens (primary N) is 1. The van der Waals surface area contributed by atoms with E-state index in [0.717, 1.165) is 6.42 Å². The van der Waals surface area contributed by atoms with Gasteiger partial charge in [0.05, 0.1) is 19.6 Å². The van der Waals surface area contributed by atoms with Gasteiger partial charge in [0.2, 0.25) is 6.79 Å². The van der Waals surface area contributed by atoms with Crippen molar-refractivity contribution in [2.24, 2.45) is 17.6 Å². The number of likely N-dealkylation sites (N-methyl/N-ethyl adjacent to an activating group) is 1. The standard InChI is InChI=1S/C24H34N2O5/c1-15(2)21(25)22(27)29-14-30-23(28)31-17-8-7-16-12-20-18-6-4-5-9-24(18,19(16)13-17)10-11-26(20)3/h7-8,13,15,18,20-21H,4-6,9-12,14,25H2,1-3H3/p+1/t18-,20?,21?,24+/m1/s1. The highest BCUT2D eigenvalue weighted by Gasteiger charge is 2.55. The van der Waals surface area contributed by atoms with Gasteiger partial charge >= 0.3 is 12.1 Å². The number of nitrogens with one attached hydrogen (secondary N) is 1. The molecule has 1 aromatic carbocycles. The molecule has 1 saturated carbocycles. The third-order valence-electron chi connectivity index (χ3n) is 7.81. The molecule has 4 rings (SSSR count). The molecule has 0 aromatic heterocycles. The Morgan fingerprint density at radius 2 is 2.03 bits per heavy atom. The quantitative estimate of drug-likeness (QED) is 0.421. The van der Waals surface area contributed by atoms with Crippen LogP contribution < -0.4 is 15.4 Å². The Balaban J connectivity index is 1.43. The Morgan fingerprint density at radius 1 is 1.23 bits per heavy atom. The second-order valence-electron chi connectivity index (χ2n) is 9.83. The van der Waals surface area contributed by atoms with Crippen LogP contribution in [0.5, 0.6) is 5.75 Å².